The molecule has 0 aliphatic heterocycles. The zero-order valence-electron chi connectivity index (χ0n) is 13.7. The summed E-state index contributed by atoms with van der Waals surface area (Å²) in [7, 11) is 1.77. The Morgan fingerprint density at radius 3 is 2.54 bits per heavy atom. The van der Waals surface area contributed by atoms with Crippen LogP contribution in [0.5, 0.6) is 0 Å². The Bertz CT molecular complexity index is 919. The molecule has 6 heteroatoms. The fraction of sp³-hybridized carbons (Fsp3) is 0.167. The van der Waals surface area contributed by atoms with Gasteiger partial charge in [0.1, 0.15) is 5.82 Å². The first-order chi connectivity index (χ1) is 11.5. The van der Waals surface area contributed by atoms with E-state index in [1.807, 2.05) is 13.8 Å². The summed E-state index contributed by atoms with van der Waals surface area (Å²) in [4.78, 5) is 12.2. The Morgan fingerprint density at radius 1 is 1.21 bits per heavy atom. The average molecular weight is 324 g/mol. The van der Waals surface area contributed by atoms with Gasteiger partial charge in [-0.15, -0.1) is 0 Å². The van der Waals surface area contributed by atoms with E-state index < -0.39 is 0 Å². The molecular weight excluding hydrogens is 307 g/mol. The number of nitrogens with zero attached hydrogens (tertiary/aromatic N) is 4. The molecule has 0 N–H and O–H groups in total. The van der Waals surface area contributed by atoms with E-state index >= 15 is 0 Å². The highest BCUT2D eigenvalue weighted by Crippen LogP contribution is 2.19. The first-order valence-corrected chi connectivity index (χ1v) is 7.49. The lowest BCUT2D eigenvalue weighted by molar-refractivity contribution is 0.104. The Labute approximate surface area is 139 Å². The monoisotopic (exact) mass is 324 g/mol. The van der Waals surface area contributed by atoms with E-state index in [2.05, 4.69) is 10.2 Å². The van der Waals surface area contributed by atoms with Gasteiger partial charge >= 0.3 is 0 Å². The van der Waals surface area contributed by atoms with Crippen molar-refractivity contribution < 1.29 is 9.18 Å². The molecule has 24 heavy (non-hydrogen) atoms. The number of hydrogen-bond acceptors (Lipinski definition) is 3. The summed E-state index contributed by atoms with van der Waals surface area (Å²) in [6.07, 6.45) is 6.48. The molecule has 5 nitrogen and oxygen atoms in total. The summed E-state index contributed by atoms with van der Waals surface area (Å²) >= 11 is 0. The molecule has 0 aliphatic rings. The highest BCUT2D eigenvalue weighted by molar-refractivity contribution is 6.06. The lowest BCUT2D eigenvalue weighted by Gasteiger charge is -2.04. The highest BCUT2D eigenvalue weighted by atomic mass is 19.1. The molecule has 0 radical (unpaired) electrons. The van der Waals surface area contributed by atoms with Crippen LogP contribution in [0.25, 0.3) is 11.8 Å². The average Bonchev–Trinajstić information content (AvgIpc) is 3.10. The molecule has 0 fully saturated rings. The molecule has 0 saturated heterocycles. The number of aryl methyl sites for hydroxylation is 2. The first kappa shape index (κ1) is 15.9. The van der Waals surface area contributed by atoms with Crippen LogP contribution in [-0.4, -0.2) is 25.3 Å². The van der Waals surface area contributed by atoms with Crippen LogP contribution in [0.1, 0.15) is 27.3 Å². The summed E-state index contributed by atoms with van der Waals surface area (Å²) in [6.45, 7) is 3.79. The number of hydrogen-bond donors (Lipinski definition) is 0. The van der Waals surface area contributed by atoms with E-state index in [0.717, 1.165) is 22.6 Å². The van der Waals surface area contributed by atoms with Crippen LogP contribution in [0, 0.1) is 19.7 Å². The third kappa shape index (κ3) is 3.03. The highest BCUT2D eigenvalue weighted by Gasteiger charge is 2.12. The molecule has 1 aromatic carbocycles. The van der Waals surface area contributed by atoms with Crippen LogP contribution in [0.15, 0.2) is 42.7 Å². The molecule has 0 atom stereocenters. The maximum atomic E-state index is 13.1. The topological polar surface area (TPSA) is 52.7 Å². The molecule has 0 saturated carbocycles. The van der Waals surface area contributed by atoms with E-state index in [-0.39, 0.29) is 11.6 Å². The number of allylic oxidation sites excluding steroid dienone is 1. The van der Waals surface area contributed by atoms with E-state index in [4.69, 9.17) is 0 Å². The molecular formula is C18H17FN4O. The van der Waals surface area contributed by atoms with Crippen LogP contribution in [-0.2, 0) is 7.05 Å². The van der Waals surface area contributed by atoms with Gasteiger partial charge in [-0.1, -0.05) is 0 Å². The van der Waals surface area contributed by atoms with Gasteiger partial charge < -0.3 is 0 Å². The van der Waals surface area contributed by atoms with Crippen LogP contribution in [0.2, 0.25) is 0 Å². The Kier molecular flexibility index (Phi) is 4.12. The third-order valence-electron chi connectivity index (χ3n) is 3.81. The predicted octanol–water partition coefficient (Wildman–Crippen LogP) is 3.26. The number of halogens is 1. The van der Waals surface area contributed by atoms with E-state index in [1.165, 1.54) is 24.4 Å². The maximum Gasteiger partial charge on any atom is 0.189 e. The fourth-order valence-corrected chi connectivity index (χ4v) is 2.53. The van der Waals surface area contributed by atoms with Gasteiger partial charge in [0.15, 0.2) is 5.78 Å². The second kappa shape index (κ2) is 6.23. The summed E-state index contributed by atoms with van der Waals surface area (Å²) in [6, 6.07) is 6.13. The van der Waals surface area contributed by atoms with E-state index in [0.29, 0.717) is 5.56 Å². The number of benzene rings is 1. The summed E-state index contributed by atoms with van der Waals surface area (Å²) < 4.78 is 16.4. The normalized spacial score (nSPS) is 11.3. The number of aromatic nitrogens is 4. The molecule has 0 amide bonds. The van der Waals surface area contributed by atoms with Crippen molar-refractivity contribution in [2.24, 2.45) is 7.05 Å². The second-order valence-corrected chi connectivity index (χ2v) is 5.57. The molecule has 3 rings (SSSR count). The van der Waals surface area contributed by atoms with Gasteiger partial charge in [0.2, 0.25) is 0 Å². The molecule has 122 valence electrons. The lowest BCUT2D eigenvalue weighted by Crippen LogP contribution is -1.99. The molecule has 0 spiro atoms. The third-order valence-corrected chi connectivity index (χ3v) is 3.81. The second-order valence-electron chi connectivity index (χ2n) is 5.57. The lowest BCUT2D eigenvalue weighted by atomic mass is 10.1. The SMILES string of the molecule is Cc1nn(-c2ccc(F)cc2)c(C)c1C=CC(=O)c1cnn(C)c1. The van der Waals surface area contributed by atoms with Crippen molar-refractivity contribution in [2.45, 2.75) is 13.8 Å². The van der Waals surface area contributed by atoms with Crippen molar-refractivity contribution in [1.29, 1.82) is 0 Å². The van der Waals surface area contributed by atoms with Gasteiger partial charge in [0.05, 0.1) is 23.1 Å². The molecule has 2 aromatic heterocycles. The Balaban J connectivity index is 1.90. The minimum Gasteiger partial charge on any atom is -0.289 e. The largest absolute Gasteiger partial charge is 0.289 e. The smallest absolute Gasteiger partial charge is 0.189 e. The van der Waals surface area contributed by atoms with Crippen LogP contribution in [0.3, 0.4) is 0 Å². The fourth-order valence-electron chi connectivity index (χ4n) is 2.53. The number of carbonyl (C=O) groups excluding carboxylic acids is 1. The minimum atomic E-state index is -0.289. The van der Waals surface area contributed by atoms with Crippen molar-refractivity contribution in [3.8, 4) is 5.69 Å². The predicted molar refractivity (Wildman–Crippen MR) is 89.6 cm³/mol. The summed E-state index contributed by atoms with van der Waals surface area (Å²) in [5.41, 5.74) is 3.86. The molecule has 0 unspecified atom stereocenters. The van der Waals surface area contributed by atoms with Crippen LogP contribution < -0.4 is 0 Å². The zero-order valence-corrected chi connectivity index (χ0v) is 13.7. The van der Waals surface area contributed by atoms with Gasteiger partial charge in [-0.3, -0.25) is 9.48 Å². The standard InChI is InChI=1S/C18H17FN4O/c1-12-17(8-9-18(24)14-10-20-22(3)11-14)13(2)23(21-12)16-6-4-15(19)5-7-16/h4-11H,1-3H3. The van der Waals surface area contributed by atoms with Crippen molar-refractivity contribution in [1.82, 2.24) is 19.6 Å². The van der Waals surface area contributed by atoms with Gasteiger partial charge in [-0.25, -0.2) is 9.07 Å². The van der Waals surface area contributed by atoms with Gasteiger partial charge in [0, 0.05) is 24.5 Å². The van der Waals surface area contributed by atoms with Gasteiger partial charge in [0.25, 0.3) is 0 Å². The van der Waals surface area contributed by atoms with E-state index in [9.17, 15) is 9.18 Å². The quantitative estimate of drug-likeness (QED) is 0.547. The van der Waals surface area contributed by atoms with Crippen molar-refractivity contribution in [3.05, 3.63) is 71.1 Å². The summed E-state index contributed by atoms with van der Waals surface area (Å²) in [5, 5.41) is 8.47. The van der Waals surface area contributed by atoms with Crippen molar-refractivity contribution >= 4 is 11.9 Å². The summed E-state index contributed by atoms with van der Waals surface area (Å²) in [5.74, 6) is -0.404. The zero-order chi connectivity index (χ0) is 17.3. The minimum absolute atomic E-state index is 0.114. The van der Waals surface area contributed by atoms with Crippen LogP contribution >= 0.6 is 0 Å². The molecule has 2 heterocycles. The Hall–Kier alpha value is -3.02. The maximum absolute atomic E-state index is 13.1. The van der Waals surface area contributed by atoms with Gasteiger partial charge in [-0.2, -0.15) is 10.2 Å². The molecule has 0 aliphatic carbocycles. The van der Waals surface area contributed by atoms with Crippen molar-refractivity contribution in [2.75, 3.05) is 0 Å². The van der Waals surface area contributed by atoms with Crippen molar-refractivity contribution in [3.63, 3.8) is 0 Å². The van der Waals surface area contributed by atoms with Crippen LogP contribution in [0.4, 0.5) is 4.39 Å². The van der Waals surface area contributed by atoms with Gasteiger partial charge in [-0.05, 0) is 50.3 Å². The number of ketones is 1. The number of carbonyl (C=O) groups is 1. The van der Waals surface area contributed by atoms with E-state index in [1.54, 1.807) is 40.8 Å². The molecule has 3 aromatic rings. The number of rotatable bonds is 4. The Morgan fingerprint density at radius 2 is 1.92 bits per heavy atom. The molecule has 0 bridgehead atoms. The first-order valence-electron chi connectivity index (χ1n) is 7.49.